The zero-order valence-corrected chi connectivity index (χ0v) is 10.9. The lowest BCUT2D eigenvalue weighted by Gasteiger charge is -2.09. The molecule has 6 heteroatoms. The molecule has 0 aliphatic heterocycles. The van der Waals surface area contributed by atoms with Crippen LogP contribution in [-0.4, -0.2) is 22.2 Å². The van der Waals surface area contributed by atoms with Crippen molar-refractivity contribution in [3.05, 3.63) is 53.3 Å². The van der Waals surface area contributed by atoms with E-state index >= 15 is 0 Å². The Morgan fingerprint density at radius 2 is 2.10 bits per heavy atom. The van der Waals surface area contributed by atoms with E-state index in [4.69, 9.17) is 20.0 Å². The Morgan fingerprint density at radius 3 is 2.75 bits per heavy atom. The number of aryl methyl sites for hydroxylation is 1. The Morgan fingerprint density at radius 1 is 1.30 bits per heavy atom. The molecule has 0 aliphatic carbocycles. The van der Waals surface area contributed by atoms with Crippen LogP contribution in [0, 0.1) is 18.3 Å². The average Bonchev–Trinajstić information content (AvgIpc) is 2.46. The first kappa shape index (κ1) is 14.1. The van der Waals surface area contributed by atoms with E-state index < -0.39 is 7.12 Å². The van der Waals surface area contributed by atoms with Gasteiger partial charge in [-0.1, -0.05) is 6.07 Å². The Bertz CT molecular complexity index is 653. The maximum absolute atomic E-state index is 9.06. The lowest BCUT2D eigenvalue weighted by Crippen LogP contribution is -2.30. The molecule has 2 rings (SSSR count). The number of rotatable bonds is 4. The molecule has 0 amide bonds. The summed E-state index contributed by atoms with van der Waals surface area (Å²) in [5.74, 6) is 0.458. The summed E-state index contributed by atoms with van der Waals surface area (Å²) < 4.78 is 5.57. The predicted molar refractivity (Wildman–Crippen MR) is 74.3 cm³/mol. The molecule has 0 atom stereocenters. The highest BCUT2D eigenvalue weighted by Crippen LogP contribution is 2.14. The molecule has 100 valence electrons. The quantitative estimate of drug-likeness (QED) is 0.789. The molecule has 0 radical (unpaired) electrons. The molecule has 1 aromatic heterocycles. The fourth-order valence-corrected chi connectivity index (χ4v) is 1.74. The van der Waals surface area contributed by atoms with Crippen LogP contribution in [-0.2, 0) is 6.61 Å². The van der Waals surface area contributed by atoms with E-state index in [9.17, 15) is 0 Å². The largest absolute Gasteiger partial charge is 0.490 e. The monoisotopic (exact) mass is 268 g/mol. The van der Waals surface area contributed by atoms with Crippen LogP contribution in [0.25, 0.3) is 0 Å². The third kappa shape index (κ3) is 3.35. The second-order valence-corrected chi connectivity index (χ2v) is 4.37. The number of benzene rings is 1. The molecule has 2 N–H and O–H groups in total. The number of hydrogen-bond acceptors (Lipinski definition) is 5. The molecule has 0 saturated carbocycles. The molecule has 0 bridgehead atoms. The van der Waals surface area contributed by atoms with Crippen LogP contribution in [0.3, 0.4) is 0 Å². The van der Waals surface area contributed by atoms with Crippen molar-refractivity contribution in [2.24, 2.45) is 0 Å². The Balaban J connectivity index is 2.09. The Hall–Kier alpha value is -2.36. The van der Waals surface area contributed by atoms with E-state index in [2.05, 4.69) is 11.1 Å². The second kappa shape index (κ2) is 6.19. The SMILES string of the molecule is Cc1cc(C#N)ccc1COc1cncc(B(O)O)c1. The van der Waals surface area contributed by atoms with Crippen molar-refractivity contribution in [1.29, 1.82) is 5.26 Å². The van der Waals surface area contributed by atoms with Gasteiger partial charge in [-0.25, -0.2) is 0 Å². The molecule has 1 heterocycles. The number of ether oxygens (including phenoxy) is 1. The number of hydrogen-bond donors (Lipinski definition) is 2. The Kier molecular flexibility index (Phi) is 4.36. The van der Waals surface area contributed by atoms with Crippen molar-refractivity contribution in [3.63, 3.8) is 0 Å². The van der Waals surface area contributed by atoms with E-state index in [0.717, 1.165) is 11.1 Å². The molecule has 0 saturated heterocycles. The van der Waals surface area contributed by atoms with E-state index in [1.807, 2.05) is 13.0 Å². The zero-order chi connectivity index (χ0) is 14.5. The predicted octanol–water partition coefficient (Wildman–Crippen LogP) is 0.520. The van der Waals surface area contributed by atoms with Crippen LogP contribution < -0.4 is 10.2 Å². The minimum Gasteiger partial charge on any atom is -0.487 e. The smallest absolute Gasteiger partial charge is 0.487 e. The minimum atomic E-state index is -1.57. The van der Waals surface area contributed by atoms with Crippen molar-refractivity contribution in [3.8, 4) is 11.8 Å². The van der Waals surface area contributed by atoms with Gasteiger partial charge in [0.25, 0.3) is 0 Å². The zero-order valence-electron chi connectivity index (χ0n) is 10.9. The van der Waals surface area contributed by atoms with Gasteiger partial charge in [-0.15, -0.1) is 0 Å². The van der Waals surface area contributed by atoms with Crippen LogP contribution in [0.15, 0.2) is 36.7 Å². The summed E-state index contributed by atoms with van der Waals surface area (Å²) >= 11 is 0. The van der Waals surface area contributed by atoms with Gasteiger partial charge in [0.15, 0.2) is 0 Å². The molecule has 1 aromatic carbocycles. The van der Waals surface area contributed by atoms with Crippen molar-refractivity contribution < 1.29 is 14.8 Å². The molecule has 0 fully saturated rings. The Labute approximate surface area is 117 Å². The first-order chi connectivity index (χ1) is 9.60. The number of aromatic nitrogens is 1. The van der Waals surface area contributed by atoms with Gasteiger partial charge in [-0.3, -0.25) is 4.98 Å². The molecule has 2 aromatic rings. The summed E-state index contributed by atoms with van der Waals surface area (Å²) in [6.07, 6.45) is 2.87. The normalized spacial score (nSPS) is 9.90. The first-order valence-electron chi connectivity index (χ1n) is 6.03. The number of nitrogens with zero attached hydrogens (tertiary/aromatic N) is 2. The van der Waals surface area contributed by atoms with Crippen LogP contribution in [0.4, 0.5) is 0 Å². The van der Waals surface area contributed by atoms with E-state index in [0.29, 0.717) is 17.9 Å². The molecule has 5 nitrogen and oxygen atoms in total. The topological polar surface area (TPSA) is 86.4 Å². The van der Waals surface area contributed by atoms with Gasteiger partial charge in [0.05, 0.1) is 17.8 Å². The van der Waals surface area contributed by atoms with Crippen molar-refractivity contribution in [2.45, 2.75) is 13.5 Å². The van der Waals surface area contributed by atoms with Gasteiger partial charge < -0.3 is 14.8 Å². The van der Waals surface area contributed by atoms with Gasteiger partial charge in [-0.2, -0.15) is 5.26 Å². The lowest BCUT2D eigenvalue weighted by atomic mass is 9.82. The van der Waals surface area contributed by atoms with Crippen LogP contribution >= 0.6 is 0 Å². The summed E-state index contributed by atoms with van der Waals surface area (Å²) in [6, 6.07) is 8.98. The van der Waals surface area contributed by atoms with Crippen molar-refractivity contribution >= 4 is 12.6 Å². The van der Waals surface area contributed by atoms with Crippen LogP contribution in [0.2, 0.25) is 0 Å². The van der Waals surface area contributed by atoms with Gasteiger partial charge in [0.1, 0.15) is 12.4 Å². The van der Waals surface area contributed by atoms with E-state index in [1.54, 1.807) is 12.1 Å². The fourth-order valence-electron chi connectivity index (χ4n) is 1.74. The third-order valence-electron chi connectivity index (χ3n) is 2.90. The molecule has 20 heavy (non-hydrogen) atoms. The van der Waals surface area contributed by atoms with Crippen molar-refractivity contribution in [1.82, 2.24) is 4.98 Å². The average molecular weight is 268 g/mol. The molecule has 0 aliphatic rings. The highest BCUT2D eigenvalue weighted by molar-refractivity contribution is 6.58. The maximum Gasteiger partial charge on any atom is 0.490 e. The lowest BCUT2D eigenvalue weighted by molar-refractivity contribution is 0.304. The summed E-state index contributed by atoms with van der Waals surface area (Å²) in [6.45, 7) is 2.23. The highest BCUT2D eigenvalue weighted by atomic mass is 16.5. The van der Waals surface area contributed by atoms with E-state index in [-0.39, 0.29) is 5.46 Å². The van der Waals surface area contributed by atoms with Crippen LogP contribution in [0.5, 0.6) is 5.75 Å². The number of nitriles is 1. The summed E-state index contributed by atoms with van der Waals surface area (Å²) in [7, 11) is -1.57. The van der Waals surface area contributed by atoms with Gasteiger partial charge in [0, 0.05) is 11.7 Å². The summed E-state index contributed by atoms with van der Waals surface area (Å²) in [5, 5.41) is 26.9. The van der Waals surface area contributed by atoms with Gasteiger partial charge in [-0.05, 0) is 36.2 Å². The minimum absolute atomic E-state index is 0.277. The molecular formula is C14H13BN2O3. The highest BCUT2D eigenvalue weighted by Gasteiger charge is 2.12. The van der Waals surface area contributed by atoms with Crippen LogP contribution in [0.1, 0.15) is 16.7 Å². The second-order valence-electron chi connectivity index (χ2n) is 4.37. The summed E-state index contributed by atoms with van der Waals surface area (Å²) in [5.41, 5.74) is 2.81. The first-order valence-corrected chi connectivity index (χ1v) is 6.03. The fraction of sp³-hybridized carbons (Fsp3) is 0.143. The molecule has 0 unspecified atom stereocenters. The number of pyridine rings is 1. The standard InChI is InChI=1S/C14H13BN2O3/c1-10-4-11(6-16)2-3-12(10)9-20-14-5-13(15(18)19)7-17-8-14/h2-5,7-8,18-19H,9H2,1H3. The van der Waals surface area contributed by atoms with E-state index in [1.165, 1.54) is 18.5 Å². The molecule has 0 spiro atoms. The van der Waals surface area contributed by atoms with Gasteiger partial charge >= 0.3 is 7.12 Å². The molecular weight excluding hydrogens is 255 g/mol. The summed E-state index contributed by atoms with van der Waals surface area (Å²) in [4.78, 5) is 3.88. The third-order valence-corrected chi connectivity index (χ3v) is 2.90. The maximum atomic E-state index is 9.06. The van der Waals surface area contributed by atoms with Crippen molar-refractivity contribution in [2.75, 3.05) is 0 Å². The van der Waals surface area contributed by atoms with Gasteiger partial charge in [0.2, 0.25) is 0 Å².